The van der Waals surface area contributed by atoms with Crippen LogP contribution in [0.1, 0.15) is 17.2 Å². The molecular weight excluding hydrogens is 282 g/mol. The lowest BCUT2D eigenvalue weighted by atomic mass is 10.0. The fraction of sp³-hybridized carbons (Fsp3) is 0.235. The first kappa shape index (κ1) is 16.0. The van der Waals surface area contributed by atoms with Crippen molar-refractivity contribution in [1.82, 2.24) is 5.32 Å². The summed E-state index contributed by atoms with van der Waals surface area (Å²) in [4.78, 5) is 11.6. The second kappa shape index (κ2) is 8.17. The molecule has 0 saturated heterocycles. The van der Waals surface area contributed by atoms with Gasteiger partial charge < -0.3 is 20.3 Å². The fourth-order valence-electron chi connectivity index (χ4n) is 1.95. The summed E-state index contributed by atoms with van der Waals surface area (Å²) in [5.74, 6) is 0. The number of hydrogen-bond acceptors (Lipinski definition) is 4. The third-order valence-electron chi connectivity index (χ3n) is 3.17. The van der Waals surface area contributed by atoms with E-state index < -0.39 is 18.3 Å². The summed E-state index contributed by atoms with van der Waals surface area (Å²) in [6, 6.07) is 18.1. The van der Waals surface area contributed by atoms with Gasteiger partial charge in [0.15, 0.2) is 0 Å². The Morgan fingerprint density at radius 3 is 2.23 bits per heavy atom. The van der Waals surface area contributed by atoms with Crippen LogP contribution in [0.3, 0.4) is 0 Å². The van der Waals surface area contributed by atoms with Gasteiger partial charge in [0.1, 0.15) is 18.8 Å². The predicted octanol–water partition coefficient (Wildman–Crippen LogP) is 2.01. The van der Waals surface area contributed by atoms with Gasteiger partial charge in [-0.3, -0.25) is 0 Å². The molecule has 2 rings (SSSR count). The highest BCUT2D eigenvalue weighted by Gasteiger charge is 2.18. The monoisotopic (exact) mass is 301 g/mol. The van der Waals surface area contributed by atoms with E-state index in [4.69, 9.17) is 4.74 Å². The molecule has 22 heavy (non-hydrogen) atoms. The van der Waals surface area contributed by atoms with E-state index in [9.17, 15) is 15.0 Å². The maximum absolute atomic E-state index is 11.6. The van der Waals surface area contributed by atoms with Crippen LogP contribution in [-0.4, -0.2) is 29.0 Å². The van der Waals surface area contributed by atoms with Gasteiger partial charge in [-0.2, -0.15) is 0 Å². The number of alkyl carbamates (subject to hydrolysis) is 1. The van der Waals surface area contributed by atoms with E-state index in [1.54, 1.807) is 24.3 Å². The molecule has 5 heteroatoms. The molecule has 0 fully saturated rings. The van der Waals surface area contributed by atoms with E-state index >= 15 is 0 Å². The molecule has 0 saturated carbocycles. The van der Waals surface area contributed by atoms with E-state index in [1.807, 2.05) is 36.4 Å². The molecule has 0 aliphatic carbocycles. The smallest absolute Gasteiger partial charge is 0.407 e. The summed E-state index contributed by atoms with van der Waals surface area (Å²) in [5.41, 5.74) is 1.47. The number of benzene rings is 2. The largest absolute Gasteiger partial charge is 0.445 e. The highest BCUT2D eigenvalue weighted by Crippen LogP contribution is 2.15. The molecule has 2 aromatic rings. The van der Waals surface area contributed by atoms with Crippen molar-refractivity contribution in [1.29, 1.82) is 0 Å². The number of nitrogens with one attached hydrogen (secondary N) is 1. The van der Waals surface area contributed by atoms with Crippen LogP contribution in [0.15, 0.2) is 60.7 Å². The Kier molecular flexibility index (Phi) is 5.94. The van der Waals surface area contributed by atoms with Crippen molar-refractivity contribution in [3.8, 4) is 0 Å². The van der Waals surface area contributed by atoms with Gasteiger partial charge in [-0.1, -0.05) is 60.7 Å². The minimum absolute atomic E-state index is 0.0936. The Balaban J connectivity index is 1.74. The van der Waals surface area contributed by atoms with Crippen molar-refractivity contribution in [3.05, 3.63) is 71.8 Å². The zero-order valence-corrected chi connectivity index (χ0v) is 12.1. The maximum atomic E-state index is 11.6. The van der Waals surface area contributed by atoms with Crippen molar-refractivity contribution in [3.63, 3.8) is 0 Å². The molecule has 2 atom stereocenters. The molecule has 0 aliphatic heterocycles. The molecule has 2 aromatic carbocycles. The zero-order chi connectivity index (χ0) is 15.8. The standard InChI is InChI=1S/C17H19NO4/c19-15(16(20)14-9-5-2-6-10-14)11-18-17(21)22-12-13-7-3-1-4-8-13/h1-10,15-16,19-20H,11-12H2,(H,18,21)/t15-,16-/m1/s1. The van der Waals surface area contributed by atoms with Gasteiger partial charge in [-0.15, -0.1) is 0 Å². The lowest BCUT2D eigenvalue weighted by Gasteiger charge is -2.18. The summed E-state index contributed by atoms with van der Waals surface area (Å²) in [6.07, 6.45) is -2.80. The molecule has 0 unspecified atom stereocenters. The van der Waals surface area contributed by atoms with Crippen molar-refractivity contribution in [2.75, 3.05) is 6.54 Å². The van der Waals surface area contributed by atoms with Crippen LogP contribution in [0, 0.1) is 0 Å². The number of carbonyl (C=O) groups is 1. The van der Waals surface area contributed by atoms with Crippen LogP contribution in [0.4, 0.5) is 4.79 Å². The summed E-state index contributed by atoms with van der Waals surface area (Å²) in [7, 11) is 0. The number of aliphatic hydroxyl groups is 2. The van der Waals surface area contributed by atoms with Crippen LogP contribution in [0.5, 0.6) is 0 Å². The Morgan fingerprint density at radius 2 is 1.59 bits per heavy atom. The molecule has 1 amide bonds. The summed E-state index contributed by atoms with van der Waals surface area (Å²) in [6.45, 7) is 0.0632. The Morgan fingerprint density at radius 1 is 1.00 bits per heavy atom. The summed E-state index contributed by atoms with van der Waals surface area (Å²) < 4.78 is 5.02. The summed E-state index contributed by atoms with van der Waals surface area (Å²) >= 11 is 0. The SMILES string of the molecule is O=C(NC[C@@H](O)[C@H](O)c1ccccc1)OCc1ccccc1. The normalized spacial score (nSPS) is 13.2. The average molecular weight is 301 g/mol. The summed E-state index contributed by atoms with van der Waals surface area (Å²) in [5, 5.41) is 22.3. The first-order valence-electron chi connectivity index (χ1n) is 7.02. The predicted molar refractivity (Wildman–Crippen MR) is 82.0 cm³/mol. The topological polar surface area (TPSA) is 78.8 Å². The Bertz CT molecular complexity index is 574. The van der Waals surface area contributed by atoms with Crippen LogP contribution in [0.2, 0.25) is 0 Å². The second-order valence-corrected chi connectivity index (χ2v) is 4.87. The number of carbonyl (C=O) groups excluding carboxylic acids is 1. The maximum Gasteiger partial charge on any atom is 0.407 e. The molecule has 0 spiro atoms. The average Bonchev–Trinajstić information content (AvgIpc) is 2.58. The van der Waals surface area contributed by atoms with Gasteiger partial charge in [0.2, 0.25) is 0 Å². The van der Waals surface area contributed by atoms with Crippen molar-refractivity contribution in [2.45, 2.75) is 18.8 Å². The van der Waals surface area contributed by atoms with Crippen LogP contribution in [-0.2, 0) is 11.3 Å². The molecule has 0 radical (unpaired) electrons. The molecule has 0 bridgehead atoms. The van der Waals surface area contributed by atoms with Crippen LogP contribution in [0.25, 0.3) is 0 Å². The molecule has 5 nitrogen and oxygen atoms in total. The molecule has 0 heterocycles. The lowest BCUT2D eigenvalue weighted by Crippen LogP contribution is -2.35. The fourth-order valence-corrected chi connectivity index (χ4v) is 1.95. The van der Waals surface area contributed by atoms with E-state index in [2.05, 4.69) is 5.32 Å². The molecule has 0 aliphatic rings. The third kappa shape index (κ3) is 4.87. The second-order valence-electron chi connectivity index (χ2n) is 4.87. The van der Waals surface area contributed by atoms with Crippen molar-refractivity contribution >= 4 is 6.09 Å². The third-order valence-corrected chi connectivity index (χ3v) is 3.17. The van der Waals surface area contributed by atoms with E-state index in [0.717, 1.165) is 5.56 Å². The minimum Gasteiger partial charge on any atom is -0.445 e. The zero-order valence-electron chi connectivity index (χ0n) is 12.1. The van der Waals surface area contributed by atoms with Gasteiger partial charge in [-0.25, -0.2) is 4.79 Å². The number of amides is 1. The van der Waals surface area contributed by atoms with Crippen molar-refractivity contribution < 1.29 is 19.7 Å². The van der Waals surface area contributed by atoms with Crippen molar-refractivity contribution in [2.24, 2.45) is 0 Å². The Hall–Kier alpha value is -2.37. The van der Waals surface area contributed by atoms with Gasteiger partial charge in [0.25, 0.3) is 0 Å². The molecule has 116 valence electrons. The van der Waals surface area contributed by atoms with Gasteiger partial charge >= 0.3 is 6.09 Å². The van der Waals surface area contributed by atoms with E-state index in [-0.39, 0.29) is 13.2 Å². The number of ether oxygens (including phenoxy) is 1. The number of hydrogen-bond donors (Lipinski definition) is 3. The molecule has 0 aromatic heterocycles. The van der Waals surface area contributed by atoms with E-state index in [0.29, 0.717) is 5.56 Å². The van der Waals surface area contributed by atoms with Crippen LogP contribution >= 0.6 is 0 Å². The van der Waals surface area contributed by atoms with E-state index in [1.165, 1.54) is 0 Å². The van der Waals surface area contributed by atoms with Gasteiger partial charge in [0, 0.05) is 6.54 Å². The van der Waals surface area contributed by atoms with Gasteiger partial charge in [-0.05, 0) is 11.1 Å². The van der Waals surface area contributed by atoms with Gasteiger partial charge in [0.05, 0.1) is 0 Å². The molecular formula is C17H19NO4. The molecule has 3 N–H and O–H groups in total. The van der Waals surface area contributed by atoms with Crippen LogP contribution < -0.4 is 5.32 Å². The quantitative estimate of drug-likeness (QED) is 0.762. The number of aliphatic hydroxyl groups excluding tert-OH is 2. The first-order chi connectivity index (χ1) is 10.7. The minimum atomic E-state index is -1.10. The Labute approximate surface area is 129 Å². The first-order valence-corrected chi connectivity index (χ1v) is 7.02. The highest BCUT2D eigenvalue weighted by atomic mass is 16.5. The lowest BCUT2D eigenvalue weighted by molar-refractivity contribution is 0.0184. The highest BCUT2D eigenvalue weighted by molar-refractivity contribution is 5.67. The number of rotatable bonds is 6.